The van der Waals surface area contributed by atoms with Crippen molar-refractivity contribution in [1.82, 2.24) is 10.2 Å². The third-order valence-electron chi connectivity index (χ3n) is 2.98. The van der Waals surface area contributed by atoms with Gasteiger partial charge in [-0.25, -0.2) is 0 Å². The van der Waals surface area contributed by atoms with Gasteiger partial charge in [-0.1, -0.05) is 27.7 Å². The first-order valence-electron chi connectivity index (χ1n) is 5.80. The molecule has 14 heavy (non-hydrogen) atoms. The van der Waals surface area contributed by atoms with Gasteiger partial charge < -0.3 is 10.2 Å². The van der Waals surface area contributed by atoms with Crippen molar-refractivity contribution in [3.63, 3.8) is 0 Å². The van der Waals surface area contributed by atoms with E-state index in [1.54, 1.807) is 0 Å². The molecule has 0 saturated carbocycles. The highest BCUT2D eigenvalue weighted by molar-refractivity contribution is 4.77. The fourth-order valence-corrected chi connectivity index (χ4v) is 1.41. The zero-order chi connectivity index (χ0) is 11.2. The molecule has 0 bridgehead atoms. The Hall–Kier alpha value is -0.0800. The van der Waals surface area contributed by atoms with Crippen LogP contribution in [0.15, 0.2) is 0 Å². The predicted molar refractivity (Wildman–Crippen MR) is 64.7 cm³/mol. The van der Waals surface area contributed by atoms with E-state index in [2.05, 4.69) is 51.9 Å². The lowest BCUT2D eigenvalue weighted by Crippen LogP contribution is -2.42. The van der Waals surface area contributed by atoms with Crippen molar-refractivity contribution in [3.05, 3.63) is 0 Å². The molecule has 1 N–H and O–H groups in total. The van der Waals surface area contributed by atoms with E-state index >= 15 is 0 Å². The molecule has 1 atom stereocenters. The zero-order valence-electron chi connectivity index (χ0n) is 10.9. The summed E-state index contributed by atoms with van der Waals surface area (Å²) in [5, 5.41) is 3.43. The van der Waals surface area contributed by atoms with E-state index in [9.17, 15) is 0 Å². The lowest BCUT2D eigenvalue weighted by Gasteiger charge is -2.35. The molecule has 0 aliphatic heterocycles. The first kappa shape index (κ1) is 13.9. The Kier molecular flexibility index (Phi) is 6.38. The molecule has 0 heterocycles. The minimum absolute atomic E-state index is 0.375. The molecule has 0 aliphatic rings. The Bertz CT molecular complexity index is 138. The maximum Gasteiger partial charge on any atom is 0.0113 e. The number of nitrogens with one attached hydrogen (secondary N) is 1. The van der Waals surface area contributed by atoms with E-state index in [1.807, 2.05) is 0 Å². The Morgan fingerprint density at radius 2 is 1.79 bits per heavy atom. The van der Waals surface area contributed by atoms with E-state index in [1.165, 1.54) is 6.42 Å². The second kappa shape index (κ2) is 6.41. The molecular formula is C12H28N2. The smallest absolute Gasteiger partial charge is 0.0113 e. The summed E-state index contributed by atoms with van der Waals surface area (Å²) >= 11 is 0. The number of hydrogen-bond acceptors (Lipinski definition) is 2. The SMILES string of the molecule is CCCNCCN(C)C(C)C(C)(C)C. The number of hydrogen-bond donors (Lipinski definition) is 1. The number of nitrogens with zero attached hydrogens (tertiary/aromatic N) is 1. The summed E-state index contributed by atoms with van der Waals surface area (Å²) in [6, 6.07) is 0.630. The maximum atomic E-state index is 3.43. The molecule has 86 valence electrons. The van der Waals surface area contributed by atoms with Gasteiger partial charge in [-0.3, -0.25) is 0 Å². The van der Waals surface area contributed by atoms with Gasteiger partial charge in [0.05, 0.1) is 0 Å². The summed E-state index contributed by atoms with van der Waals surface area (Å²) < 4.78 is 0. The Morgan fingerprint density at radius 3 is 2.21 bits per heavy atom. The number of likely N-dealkylation sites (N-methyl/N-ethyl adjacent to an activating group) is 1. The second-order valence-corrected chi connectivity index (χ2v) is 5.27. The third-order valence-corrected chi connectivity index (χ3v) is 2.98. The predicted octanol–water partition coefficient (Wildman–Crippen LogP) is 2.35. The average Bonchev–Trinajstić information content (AvgIpc) is 2.09. The minimum Gasteiger partial charge on any atom is -0.315 e. The first-order valence-corrected chi connectivity index (χ1v) is 5.80. The minimum atomic E-state index is 0.375. The molecule has 0 radical (unpaired) electrons. The molecule has 0 spiro atoms. The molecule has 0 amide bonds. The van der Waals surface area contributed by atoms with Crippen molar-refractivity contribution in [3.8, 4) is 0 Å². The van der Waals surface area contributed by atoms with Crippen LogP contribution in [0.1, 0.15) is 41.0 Å². The van der Waals surface area contributed by atoms with Crippen LogP contribution >= 0.6 is 0 Å². The van der Waals surface area contributed by atoms with Gasteiger partial charge >= 0.3 is 0 Å². The topological polar surface area (TPSA) is 15.3 Å². The van der Waals surface area contributed by atoms with Crippen LogP contribution in [0.5, 0.6) is 0 Å². The fraction of sp³-hybridized carbons (Fsp3) is 1.00. The van der Waals surface area contributed by atoms with E-state index in [-0.39, 0.29) is 0 Å². The summed E-state index contributed by atoms with van der Waals surface area (Å²) in [6.45, 7) is 14.8. The van der Waals surface area contributed by atoms with Crippen LogP contribution in [-0.4, -0.2) is 37.6 Å². The first-order chi connectivity index (χ1) is 6.39. The molecule has 0 aromatic heterocycles. The third kappa shape index (κ3) is 5.61. The summed E-state index contributed by atoms with van der Waals surface area (Å²) in [7, 11) is 2.21. The summed E-state index contributed by atoms with van der Waals surface area (Å²) in [5.41, 5.74) is 0.375. The largest absolute Gasteiger partial charge is 0.315 e. The van der Waals surface area contributed by atoms with Crippen LogP contribution in [0, 0.1) is 5.41 Å². The Balaban J connectivity index is 3.68. The van der Waals surface area contributed by atoms with Crippen LogP contribution in [0.4, 0.5) is 0 Å². The maximum absolute atomic E-state index is 3.43. The molecule has 0 aliphatic carbocycles. The van der Waals surface area contributed by atoms with Gasteiger partial charge in [-0.2, -0.15) is 0 Å². The highest BCUT2D eigenvalue weighted by Crippen LogP contribution is 2.22. The Morgan fingerprint density at radius 1 is 1.21 bits per heavy atom. The van der Waals surface area contributed by atoms with Gasteiger partial charge in [-0.05, 0) is 32.4 Å². The molecular weight excluding hydrogens is 172 g/mol. The van der Waals surface area contributed by atoms with Crippen LogP contribution < -0.4 is 5.32 Å². The van der Waals surface area contributed by atoms with E-state index in [0.29, 0.717) is 11.5 Å². The molecule has 2 heteroatoms. The summed E-state index contributed by atoms with van der Waals surface area (Å²) in [5.74, 6) is 0. The van der Waals surface area contributed by atoms with Crippen LogP contribution in [0.2, 0.25) is 0 Å². The standard InChI is InChI=1S/C12H28N2/c1-7-8-13-9-10-14(6)11(2)12(3,4)5/h11,13H,7-10H2,1-6H3. The van der Waals surface area contributed by atoms with Crippen molar-refractivity contribution in [1.29, 1.82) is 0 Å². The monoisotopic (exact) mass is 200 g/mol. The van der Waals surface area contributed by atoms with Crippen molar-refractivity contribution in [2.75, 3.05) is 26.7 Å². The van der Waals surface area contributed by atoms with E-state index < -0.39 is 0 Å². The van der Waals surface area contributed by atoms with Crippen molar-refractivity contribution in [2.45, 2.75) is 47.1 Å². The molecule has 0 rings (SSSR count). The van der Waals surface area contributed by atoms with Gasteiger partial charge in [-0.15, -0.1) is 0 Å². The van der Waals surface area contributed by atoms with Crippen molar-refractivity contribution < 1.29 is 0 Å². The van der Waals surface area contributed by atoms with E-state index in [0.717, 1.165) is 19.6 Å². The van der Waals surface area contributed by atoms with Crippen LogP contribution in [0.3, 0.4) is 0 Å². The van der Waals surface area contributed by atoms with Gasteiger partial charge in [0.25, 0.3) is 0 Å². The van der Waals surface area contributed by atoms with Gasteiger partial charge in [0.2, 0.25) is 0 Å². The van der Waals surface area contributed by atoms with Gasteiger partial charge in [0.1, 0.15) is 0 Å². The molecule has 1 unspecified atom stereocenters. The highest BCUT2D eigenvalue weighted by Gasteiger charge is 2.23. The molecule has 0 saturated heterocycles. The van der Waals surface area contributed by atoms with E-state index in [4.69, 9.17) is 0 Å². The van der Waals surface area contributed by atoms with Gasteiger partial charge in [0.15, 0.2) is 0 Å². The second-order valence-electron chi connectivity index (χ2n) is 5.27. The quantitative estimate of drug-likeness (QED) is 0.662. The Labute approximate surface area is 90.1 Å². The molecule has 2 nitrogen and oxygen atoms in total. The summed E-state index contributed by atoms with van der Waals surface area (Å²) in [4.78, 5) is 2.43. The normalized spacial score (nSPS) is 14.8. The fourth-order valence-electron chi connectivity index (χ4n) is 1.41. The summed E-state index contributed by atoms with van der Waals surface area (Å²) in [6.07, 6.45) is 1.22. The lowest BCUT2D eigenvalue weighted by atomic mass is 9.87. The van der Waals surface area contributed by atoms with Crippen LogP contribution in [0.25, 0.3) is 0 Å². The van der Waals surface area contributed by atoms with Crippen LogP contribution in [-0.2, 0) is 0 Å². The van der Waals surface area contributed by atoms with Crippen molar-refractivity contribution >= 4 is 0 Å². The lowest BCUT2D eigenvalue weighted by molar-refractivity contribution is 0.142. The molecule has 0 aromatic rings. The number of rotatable bonds is 6. The van der Waals surface area contributed by atoms with Crippen molar-refractivity contribution in [2.24, 2.45) is 5.41 Å². The molecule has 0 fully saturated rings. The highest BCUT2D eigenvalue weighted by atomic mass is 15.1. The average molecular weight is 200 g/mol. The van der Waals surface area contributed by atoms with Gasteiger partial charge in [0, 0.05) is 19.1 Å². The zero-order valence-corrected chi connectivity index (χ0v) is 10.9. The molecule has 0 aromatic carbocycles.